The molecule has 0 heterocycles. The molecule has 15 heavy (non-hydrogen) atoms. The zero-order valence-electron chi connectivity index (χ0n) is 8.86. The number of rotatable bonds is 3. The van der Waals surface area contributed by atoms with Crippen LogP contribution in [0.3, 0.4) is 0 Å². The Kier molecular flexibility index (Phi) is 3.68. The molecule has 1 rings (SSSR count). The SMILES string of the molecule is COC(=O)C(N)Cc1cc(C)cc(O)c1. The second kappa shape index (κ2) is 4.79. The zero-order valence-corrected chi connectivity index (χ0v) is 8.86. The number of aromatic hydroxyl groups is 1. The Labute approximate surface area is 88.7 Å². The van der Waals surface area contributed by atoms with Crippen LogP contribution in [0.1, 0.15) is 11.1 Å². The third kappa shape index (κ3) is 3.25. The van der Waals surface area contributed by atoms with Crippen LogP contribution in [0.5, 0.6) is 5.75 Å². The van der Waals surface area contributed by atoms with Crippen molar-refractivity contribution in [3.8, 4) is 5.75 Å². The Bertz CT molecular complexity index is 343. The van der Waals surface area contributed by atoms with Gasteiger partial charge in [-0.3, -0.25) is 4.79 Å². The van der Waals surface area contributed by atoms with Crippen LogP contribution in [0.2, 0.25) is 0 Å². The van der Waals surface area contributed by atoms with Crippen molar-refractivity contribution in [1.29, 1.82) is 0 Å². The van der Waals surface area contributed by atoms with Gasteiger partial charge in [0.15, 0.2) is 0 Å². The monoisotopic (exact) mass is 209 g/mol. The lowest BCUT2D eigenvalue weighted by Gasteiger charge is -2.09. The average Bonchev–Trinajstić information content (AvgIpc) is 2.14. The van der Waals surface area contributed by atoms with Gasteiger partial charge in [-0.15, -0.1) is 0 Å². The van der Waals surface area contributed by atoms with Crippen LogP contribution >= 0.6 is 0 Å². The molecule has 4 nitrogen and oxygen atoms in total. The summed E-state index contributed by atoms with van der Waals surface area (Å²) in [6.45, 7) is 1.87. The summed E-state index contributed by atoms with van der Waals surface area (Å²) in [6.07, 6.45) is 0.363. The van der Waals surface area contributed by atoms with Crippen molar-refractivity contribution in [2.24, 2.45) is 5.73 Å². The minimum absolute atomic E-state index is 0.182. The van der Waals surface area contributed by atoms with Gasteiger partial charge >= 0.3 is 5.97 Å². The number of hydrogen-bond acceptors (Lipinski definition) is 4. The number of phenols is 1. The van der Waals surface area contributed by atoms with Crippen molar-refractivity contribution in [3.05, 3.63) is 29.3 Å². The van der Waals surface area contributed by atoms with E-state index in [1.54, 1.807) is 12.1 Å². The second-order valence-electron chi connectivity index (χ2n) is 3.51. The topological polar surface area (TPSA) is 72.5 Å². The van der Waals surface area contributed by atoms with Gasteiger partial charge in [0.25, 0.3) is 0 Å². The van der Waals surface area contributed by atoms with Crippen molar-refractivity contribution < 1.29 is 14.6 Å². The third-order valence-electron chi connectivity index (χ3n) is 2.08. The molecule has 0 fully saturated rings. The lowest BCUT2D eigenvalue weighted by atomic mass is 10.0. The summed E-state index contributed by atoms with van der Waals surface area (Å²) in [6, 6.07) is 4.43. The van der Waals surface area contributed by atoms with Crippen LogP contribution in [0.25, 0.3) is 0 Å². The average molecular weight is 209 g/mol. The molecule has 1 aromatic rings. The van der Waals surface area contributed by atoms with Crippen molar-refractivity contribution in [2.75, 3.05) is 7.11 Å². The lowest BCUT2D eigenvalue weighted by molar-refractivity contribution is -0.142. The summed E-state index contributed by atoms with van der Waals surface area (Å²) in [5.41, 5.74) is 7.36. The molecular weight excluding hydrogens is 194 g/mol. The number of nitrogens with two attached hydrogens (primary N) is 1. The number of carbonyl (C=O) groups excluding carboxylic acids is 1. The molecule has 0 radical (unpaired) electrons. The Morgan fingerprint density at radius 1 is 1.53 bits per heavy atom. The second-order valence-corrected chi connectivity index (χ2v) is 3.51. The quantitative estimate of drug-likeness (QED) is 0.720. The number of benzene rings is 1. The first-order valence-electron chi connectivity index (χ1n) is 4.66. The summed E-state index contributed by atoms with van der Waals surface area (Å²) in [5, 5.41) is 9.35. The van der Waals surface area contributed by atoms with Gasteiger partial charge in [-0.25, -0.2) is 0 Å². The fraction of sp³-hybridized carbons (Fsp3) is 0.364. The van der Waals surface area contributed by atoms with Crippen molar-refractivity contribution >= 4 is 5.97 Å². The van der Waals surface area contributed by atoms with Gasteiger partial charge in [-0.05, 0) is 36.6 Å². The van der Waals surface area contributed by atoms with E-state index in [4.69, 9.17) is 5.73 Å². The molecule has 0 spiro atoms. The number of aryl methyl sites for hydroxylation is 1. The van der Waals surface area contributed by atoms with Crippen LogP contribution in [0.4, 0.5) is 0 Å². The molecule has 1 unspecified atom stereocenters. The molecule has 1 aromatic carbocycles. The first kappa shape index (κ1) is 11.5. The first-order valence-corrected chi connectivity index (χ1v) is 4.66. The highest BCUT2D eigenvalue weighted by molar-refractivity contribution is 5.75. The van der Waals surface area contributed by atoms with E-state index in [1.807, 2.05) is 13.0 Å². The Morgan fingerprint density at radius 2 is 2.20 bits per heavy atom. The van der Waals surface area contributed by atoms with Crippen LogP contribution in [-0.4, -0.2) is 24.2 Å². The fourth-order valence-corrected chi connectivity index (χ4v) is 1.45. The van der Waals surface area contributed by atoms with Crippen LogP contribution in [0, 0.1) is 6.92 Å². The van der Waals surface area contributed by atoms with Crippen molar-refractivity contribution in [1.82, 2.24) is 0 Å². The lowest BCUT2D eigenvalue weighted by Crippen LogP contribution is -2.33. The fourth-order valence-electron chi connectivity index (χ4n) is 1.45. The molecule has 4 heteroatoms. The maximum Gasteiger partial charge on any atom is 0.322 e. The molecule has 0 saturated heterocycles. The molecule has 1 atom stereocenters. The number of hydrogen-bond donors (Lipinski definition) is 2. The normalized spacial score (nSPS) is 12.2. The van der Waals surface area contributed by atoms with Crippen LogP contribution < -0.4 is 5.73 Å². The summed E-state index contributed by atoms with van der Waals surface area (Å²) < 4.78 is 4.52. The summed E-state index contributed by atoms with van der Waals surface area (Å²) in [7, 11) is 1.30. The zero-order chi connectivity index (χ0) is 11.4. The van der Waals surface area contributed by atoms with Gasteiger partial charge in [-0.2, -0.15) is 0 Å². The van der Waals surface area contributed by atoms with E-state index >= 15 is 0 Å². The standard InChI is InChI=1S/C11H15NO3/c1-7-3-8(5-9(13)4-7)6-10(12)11(14)15-2/h3-5,10,13H,6,12H2,1-2H3. The summed E-state index contributed by atoms with van der Waals surface area (Å²) in [4.78, 5) is 11.1. The minimum atomic E-state index is -0.684. The van der Waals surface area contributed by atoms with Gasteiger partial charge in [0.2, 0.25) is 0 Å². The number of methoxy groups -OCH3 is 1. The number of ether oxygens (including phenoxy) is 1. The highest BCUT2D eigenvalue weighted by Gasteiger charge is 2.14. The summed E-state index contributed by atoms with van der Waals surface area (Å²) in [5.74, 6) is -0.266. The van der Waals surface area contributed by atoms with Crippen molar-refractivity contribution in [2.45, 2.75) is 19.4 Å². The van der Waals surface area contributed by atoms with Crippen LogP contribution in [-0.2, 0) is 16.0 Å². The smallest absolute Gasteiger partial charge is 0.322 e. The van der Waals surface area contributed by atoms with E-state index in [1.165, 1.54) is 7.11 Å². The van der Waals surface area contributed by atoms with E-state index in [0.29, 0.717) is 6.42 Å². The molecule has 0 aliphatic rings. The molecule has 0 aliphatic carbocycles. The van der Waals surface area contributed by atoms with Gasteiger partial charge in [-0.1, -0.05) is 6.07 Å². The maximum absolute atomic E-state index is 11.1. The highest BCUT2D eigenvalue weighted by Crippen LogP contribution is 2.16. The molecule has 0 aliphatic heterocycles. The minimum Gasteiger partial charge on any atom is -0.508 e. The van der Waals surface area contributed by atoms with Gasteiger partial charge in [0.05, 0.1) is 7.11 Å². The van der Waals surface area contributed by atoms with Crippen LogP contribution in [0.15, 0.2) is 18.2 Å². The number of esters is 1. The van der Waals surface area contributed by atoms with Crippen molar-refractivity contribution in [3.63, 3.8) is 0 Å². The van der Waals surface area contributed by atoms with E-state index in [-0.39, 0.29) is 5.75 Å². The molecule has 0 amide bonds. The van der Waals surface area contributed by atoms with E-state index < -0.39 is 12.0 Å². The summed E-state index contributed by atoms with van der Waals surface area (Å²) >= 11 is 0. The number of phenolic OH excluding ortho intramolecular Hbond substituents is 1. The molecule has 82 valence electrons. The Hall–Kier alpha value is -1.55. The molecule has 0 aromatic heterocycles. The van der Waals surface area contributed by atoms with Gasteiger partial charge < -0.3 is 15.6 Å². The highest BCUT2D eigenvalue weighted by atomic mass is 16.5. The molecule has 3 N–H and O–H groups in total. The Balaban J connectivity index is 2.76. The first-order chi connectivity index (χ1) is 7.02. The number of carbonyl (C=O) groups is 1. The van der Waals surface area contributed by atoms with E-state index in [0.717, 1.165) is 11.1 Å². The van der Waals surface area contributed by atoms with Gasteiger partial charge in [0, 0.05) is 0 Å². The van der Waals surface area contributed by atoms with E-state index in [2.05, 4.69) is 4.74 Å². The van der Waals surface area contributed by atoms with E-state index in [9.17, 15) is 9.90 Å². The molecule has 0 bridgehead atoms. The molecular formula is C11H15NO3. The largest absolute Gasteiger partial charge is 0.508 e. The maximum atomic E-state index is 11.1. The molecule has 0 saturated carbocycles. The van der Waals surface area contributed by atoms with Gasteiger partial charge in [0.1, 0.15) is 11.8 Å². The predicted octanol–water partition coefficient (Wildman–Crippen LogP) is 0.743. The third-order valence-corrected chi connectivity index (χ3v) is 2.08. The Morgan fingerprint density at radius 3 is 2.73 bits per heavy atom. The predicted molar refractivity (Wildman–Crippen MR) is 56.5 cm³/mol.